The molecule has 0 aliphatic heterocycles. The summed E-state index contributed by atoms with van der Waals surface area (Å²) in [6.07, 6.45) is 6.65. The van der Waals surface area contributed by atoms with Gasteiger partial charge in [0, 0.05) is 12.6 Å². The molecule has 0 aromatic heterocycles. The SMILES string of the molecule is COc1ccc(CNC2CCCCCC2C)cc1O. The number of rotatable bonds is 4. The first-order chi connectivity index (χ1) is 9.20. The van der Waals surface area contributed by atoms with Crippen LogP contribution >= 0.6 is 0 Å². The highest BCUT2D eigenvalue weighted by atomic mass is 16.5. The largest absolute Gasteiger partial charge is 0.504 e. The highest BCUT2D eigenvalue weighted by Gasteiger charge is 2.19. The summed E-state index contributed by atoms with van der Waals surface area (Å²) in [7, 11) is 1.57. The van der Waals surface area contributed by atoms with Crippen molar-refractivity contribution >= 4 is 0 Å². The van der Waals surface area contributed by atoms with E-state index in [9.17, 15) is 5.11 Å². The fourth-order valence-electron chi connectivity index (χ4n) is 2.89. The van der Waals surface area contributed by atoms with Gasteiger partial charge in [-0.15, -0.1) is 0 Å². The average molecular weight is 263 g/mol. The van der Waals surface area contributed by atoms with Gasteiger partial charge in [-0.2, -0.15) is 0 Å². The van der Waals surface area contributed by atoms with Crippen molar-refractivity contribution in [3.63, 3.8) is 0 Å². The van der Waals surface area contributed by atoms with Crippen LogP contribution in [-0.4, -0.2) is 18.3 Å². The molecule has 0 bridgehead atoms. The van der Waals surface area contributed by atoms with E-state index in [0.717, 1.165) is 18.0 Å². The predicted octanol–water partition coefficient (Wildman–Crippen LogP) is 3.46. The van der Waals surface area contributed by atoms with Crippen LogP contribution in [0.2, 0.25) is 0 Å². The van der Waals surface area contributed by atoms with Gasteiger partial charge < -0.3 is 15.2 Å². The van der Waals surface area contributed by atoms with Crippen LogP contribution in [0.15, 0.2) is 18.2 Å². The molecule has 0 amide bonds. The number of methoxy groups -OCH3 is 1. The number of aromatic hydroxyl groups is 1. The second kappa shape index (κ2) is 6.80. The minimum Gasteiger partial charge on any atom is -0.504 e. The van der Waals surface area contributed by atoms with Crippen molar-refractivity contribution in [2.24, 2.45) is 5.92 Å². The molecule has 3 heteroatoms. The second-order valence-electron chi connectivity index (χ2n) is 5.61. The van der Waals surface area contributed by atoms with E-state index < -0.39 is 0 Å². The van der Waals surface area contributed by atoms with E-state index in [4.69, 9.17) is 4.74 Å². The zero-order chi connectivity index (χ0) is 13.7. The molecule has 2 unspecified atom stereocenters. The normalized spacial score (nSPS) is 23.9. The number of phenols is 1. The summed E-state index contributed by atoms with van der Waals surface area (Å²) < 4.78 is 5.06. The third-order valence-electron chi connectivity index (χ3n) is 4.17. The first-order valence-corrected chi connectivity index (χ1v) is 7.30. The van der Waals surface area contributed by atoms with Crippen LogP contribution in [0, 0.1) is 5.92 Å². The lowest BCUT2D eigenvalue weighted by atomic mass is 9.97. The lowest BCUT2D eigenvalue weighted by molar-refractivity contribution is 0.354. The Morgan fingerprint density at radius 2 is 2.05 bits per heavy atom. The van der Waals surface area contributed by atoms with Crippen LogP contribution in [0.4, 0.5) is 0 Å². The van der Waals surface area contributed by atoms with E-state index in [-0.39, 0.29) is 5.75 Å². The summed E-state index contributed by atoms with van der Waals surface area (Å²) in [6.45, 7) is 3.15. The zero-order valence-corrected chi connectivity index (χ0v) is 12.0. The number of benzene rings is 1. The van der Waals surface area contributed by atoms with Crippen LogP contribution in [0.5, 0.6) is 11.5 Å². The molecule has 2 N–H and O–H groups in total. The molecule has 19 heavy (non-hydrogen) atoms. The Morgan fingerprint density at radius 1 is 1.26 bits per heavy atom. The van der Waals surface area contributed by atoms with Crippen molar-refractivity contribution in [2.75, 3.05) is 7.11 Å². The third-order valence-corrected chi connectivity index (χ3v) is 4.17. The van der Waals surface area contributed by atoms with Gasteiger partial charge in [-0.05, 0) is 36.5 Å². The van der Waals surface area contributed by atoms with Gasteiger partial charge in [-0.1, -0.05) is 32.3 Å². The van der Waals surface area contributed by atoms with Gasteiger partial charge >= 0.3 is 0 Å². The van der Waals surface area contributed by atoms with Crippen molar-refractivity contribution < 1.29 is 9.84 Å². The van der Waals surface area contributed by atoms with Gasteiger partial charge in [-0.25, -0.2) is 0 Å². The molecule has 1 aromatic carbocycles. The van der Waals surface area contributed by atoms with Crippen LogP contribution in [-0.2, 0) is 6.54 Å². The lowest BCUT2D eigenvalue weighted by Crippen LogP contribution is -2.33. The van der Waals surface area contributed by atoms with Gasteiger partial charge in [0.05, 0.1) is 7.11 Å². The standard InChI is InChI=1S/C16H25NO2/c1-12-6-4-3-5-7-14(12)17-11-13-8-9-16(19-2)15(18)10-13/h8-10,12,14,17-18H,3-7,11H2,1-2H3. The molecule has 0 radical (unpaired) electrons. The lowest BCUT2D eigenvalue weighted by Gasteiger charge is -2.23. The molecule has 0 heterocycles. The fourth-order valence-corrected chi connectivity index (χ4v) is 2.89. The monoisotopic (exact) mass is 263 g/mol. The van der Waals surface area contributed by atoms with Gasteiger partial charge in [0.15, 0.2) is 11.5 Å². The second-order valence-corrected chi connectivity index (χ2v) is 5.61. The van der Waals surface area contributed by atoms with E-state index in [1.165, 1.54) is 32.1 Å². The van der Waals surface area contributed by atoms with Gasteiger partial charge in [0.2, 0.25) is 0 Å². The Hall–Kier alpha value is -1.22. The maximum absolute atomic E-state index is 9.77. The number of phenolic OH excluding ortho intramolecular Hbond substituents is 1. The van der Waals surface area contributed by atoms with Crippen LogP contribution in [0.1, 0.15) is 44.6 Å². The number of ether oxygens (including phenoxy) is 1. The van der Waals surface area contributed by atoms with Gasteiger partial charge in [-0.3, -0.25) is 0 Å². The quantitative estimate of drug-likeness (QED) is 0.817. The number of hydrogen-bond donors (Lipinski definition) is 2. The molecule has 1 saturated carbocycles. The molecule has 0 spiro atoms. The fraction of sp³-hybridized carbons (Fsp3) is 0.625. The molecular weight excluding hydrogens is 238 g/mol. The average Bonchev–Trinajstić information content (AvgIpc) is 2.61. The van der Waals surface area contributed by atoms with Crippen LogP contribution in [0.3, 0.4) is 0 Å². The molecule has 2 rings (SSSR count). The number of nitrogens with one attached hydrogen (secondary N) is 1. The minimum atomic E-state index is 0.218. The topological polar surface area (TPSA) is 41.5 Å². The molecule has 1 aliphatic carbocycles. The highest BCUT2D eigenvalue weighted by molar-refractivity contribution is 5.41. The van der Waals surface area contributed by atoms with Gasteiger partial charge in [0.25, 0.3) is 0 Å². The molecule has 0 saturated heterocycles. The minimum absolute atomic E-state index is 0.218. The summed E-state index contributed by atoms with van der Waals surface area (Å²) in [6, 6.07) is 6.22. The summed E-state index contributed by atoms with van der Waals surface area (Å²) in [4.78, 5) is 0. The van der Waals surface area contributed by atoms with E-state index in [1.807, 2.05) is 12.1 Å². The molecule has 1 fully saturated rings. The Labute approximate surface area is 116 Å². The molecule has 1 aromatic rings. The summed E-state index contributed by atoms with van der Waals surface area (Å²) in [5, 5.41) is 13.4. The third kappa shape index (κ3) is 3.87. The highest BCUT2D eigenvalue weighted by Crippen LogP contribution is 2.27. The van der Waals surface area contributed by atoms with Crippen LogP contribution < -0.4 is 10.1 Å². The summed E-state index contributed by atoms with van der Waals surface area (Å²) in [5.74, 6) is 1.50. The Balaban J connectivity index is 1.92. The number of hydrogen-bond acceptors (Lipinski definition) is 3. The molecule has 3 nitrogen and oxygen atoms in total. The predicted molar refractivity (Wildman–Crippen MR) is 77.5 cm³/mol. The summed E-state index contributed by atoms with van der Waals surface area (Å²) in [5.41, 5.74) is 1.11. The van der Waals surface area contributed by atoms with Crippen molar-refractivity contribution in [1.29, 1.82) is 0 Å². The first kappa shape index (κ1) is 14.2. The zero-order valence-electron chi connectivity index (χ0n) is 12.0. The van der Waals surface area contributed by atoms with Crippen molar-refractivity contribution in [3.05, 3.63) is 23.8 Å². The van der Waals surface area contributed by atoms with E-state index in [2.05, 4.69) is 12.2 Å². The molecular formula is C16H25NO2. The molecule has 2 atom stereocenters. The van der Waals surface area contributed by atoms with E-state index in [0.29, 0.717) is 11.8 Å². The van der Waals surface area contributed by atoms with Crippen molar-refractivity contribution in [2.45, 2.75) is 51.6 Å². The Morgan fingerprint density at radius 3 is 2.79 bits per heavy atom. The first-order valence-electron chi connectivity index (χ1n) is 7.30. The maximum atomic E-state index is 9.77. The Kier molecular flexibility index (Phi) is 5.08. The molecule has 1 aliphatic rings. The Bertz CT molecular complexity index is 406. The van der Waals surface area contributed by atoms with E-state index in [1.54, 1.807) is 13.2 Å². The van der Waals surface area contributed by atoms with Crippen molar-refractivity contribution in [1.82, 2.24) is 5.32 Å². The van der Waals surface area contributed by atoms with Crippen molar-refractivity contribution in [3.8, 4) is 11.5 Å². The van der Waals surface area contributed by atoms with Gasteiger partial charge in [0.1, 0.15) is 0 Å². The maximum Gasteiger partial charge on any atom is 0.160 e. The van der Waals surface area contributed by atoms with Crippen LogP contribution in [0.25, 0.3) is 0 Å². The summed E-state index contributed by atoms with van der Waals surface area (Å²) >= 11 is 0. The smallest absolute Gasteiger partial charge is 0.160 e. The van der Waals surface area contributed by atoms with E-state index >= 15 is 0 Å². The molecule has 106 valence electrons.